The highest BCUT2D eigenvalue weighted by Crippen LogP contribution is 2.56. The molecule has 0 aromatic heterocycles. The molecule has 0 saturated heterocycles. The average Bonchev–Trinajstić information content (AvgIpc) is 3.12. The van der Waals surface area contributed by atoms with Crippen molar-refractivity contribution in [2.45, 2.75) is 104 Å². The Labute approximate surface area is 206 Å². The summed E-state index contributed by atoms with van der Waals surface area (Å²) in [4.78, 5) is 13.7. The van der Waals surface area contributed by atoms with Crippen LogP contribution in [-0.4, -0.2) is 22.8 Å². The molecule has 0 aliphatic heterocycles. The highest BCUT2D eigenvalue weighted by atomic mass is 16.6. The van der Waals surface area contributed by atoms with Crippen molar-refractivity contribution >= 4 is 5.97 Å². The molecule has 0 bridgehead atoms. The number of aliphatic hydroxyl groups is 1. The fourth-order valence-electron chi connectivity index (χ4n) is 7.07. The maximum Gasteiger partial charge on any atom is 0.342 e. The molecule has 1 N–H and O–H groups in total. The zero-order chi connectivity index (χ0) is 24.7. The largest absolute Gasteiger partial charge is 0.460 e. The summed E-state index contributed by atoms with van der Waals surface area (Å²) < 4.78 is 6.30. The lowest BCUT2D eigenvalue weighted by molar-refractivity contribution is -0.174. The standard InChI is InChI=1S/C31H44O3/c1-21-16-18-31(19-17-21)23(3)13-15-27(31)30(6,33)28(32)34-26-20-22(2)12-14-25(26)29(4,5)24-10-8-7-9-11-24/h7-11,15-16,22-23,25-26,33H,12-14,17-20H2,1-6H3/t22-,23-,25-,26-,30+,31-/m1/s1. The second-order valence-corrected chi connectivity index (χ2v) is 12.3. The number of hydrogen-bond acceptors (Lipinski definition) is 3. The van der Waals surface area contributed by atoms with Crippen LogP contribution in [0.5, 0.6) is 0 Å². The second-order valence-electron chi connectivity index (χ2n) is 12.3. The Morgan fingerprint density at radius 2 is 1.79 bits per heavy atom. The maximum atomic E-state index is 13.7. The monoisotopic (exact) mass is 464 g/mol. The van der Waals surface area contributed by atoms with Gasteiger partial charge in [0.1, 0.15) is 6.10 Å². The van der Waals surface area contributed by atoms with Crippen molar-refractivity contribution in [2.75, 3.05) is 0 Å². The summed E-state index contributed by atoms with van der Waals surface area (Å²) in [7, 11) is 0. The quantitative estimate of drug-likeness (QED) is 0.372. The number of rotatable bonds is 5. The van der Waals surface area contributed by atoms with E-state index >= 15 is 0 Å². The van der Waals surface area contributed by atoms with Crippen LogP contribution in [0.25, 0.3) is 0 Å². The number of benzene rings is 1. The maximum absolute atomic E-state index is 13.7. The Morgan fingerprint density at radius 3 is 2.44 bits per heavy atom. The third-order valence-corrected chi connectivity index (χ3v) is 9.61. The number of carbonyl (C=O) groups excluding carboxylic acids is 1. The highest BCUT2D eigenvalue weighted by Gasteiger charge is 2.53. The molecule has 6 atom stereocenters. The smallest absolute Gasteiger partial charge is 0.342 e. The van der Waals surface area contributed by atoms with Crippen LogP contribution in [0.1, 0.15) is 92.1 Å². The van der Waals surface area contributed by atoms with Gasteiger partial charge in [-0.25, -0.2) is 4.79 Å². The number of ether oxygens (including phenoxy) is 1. The Balaban J connectivity index is 1.58. The summed E-state index contributed by atoms with van der Waals surface area (Å²) in [5, 5.41) is 11.7. The molecule has 0 heterocycles. The van der Waals surface area contributed by atoms with E-state index in [1.54, 1.807) is 6.92 Å². The van der Waals surface area contributed by atoms with Crippen molar-refractivity contribution in [3.63, 3.8) is 0 Å². The molecule has 186 valence electrons. The lowest BCUT2D eigenvalue weighted by Gasteiger charge is -2.46. The number of esters is 1. The zero-order valence-corrected chi connectivity index (χ0v) is 22.1. The minimum Gasteiger partial charge on any atom is -0.460 e. The third-order valence-electron chi connectivity index (χ3n) is 9.61. The Hall–Kier alpha value is -1.87. The number of hydrogen-bond donors (Lipinski definition) is 1. The van der Waals surface area contributed by atoms with Crippen molar-refractivity contribution in [2.24, 2.45) is 23.2 Å². The topological polar surface area (TPSA) is 46.5 Å². The molecule has 3 heteroatoms. The van der Waals surface area contributed by atoms with E-state index in [1.165, 1.54) is 11.1 Å². The van der Waals surface area contributed by atoms with Crippen molar-refractivity contribution in [1.82, 2.24) is 0 Å². The normalized spacial score (nSPS) is 33.7. The zero-order valence-electron chi connectivity index (χ0n) is 22.1. The molecule has 0 amide bonds. The fraction of sp³-hybridized carbons (Fsp3) is 0.645. The van der Waals surface area contributed by atoms with E-state index in [1.807, 2.05) is 6.07 Å². The van der Waals surface area contributed by atoms with Crippen LogP contribution in [0.3, 0.4) is 0 Å². The van der Waals surface area contributed by atoms with Crippen LogP contribution in [-0.2, 0) is 14.9 Å². The second kappa shape index (κ2) is 9.30. The lowest BCUT2D eigenvalue weighted by atomic mass is 9.62. The van der Waals surface area contributed by atoms with Crippen LogP contribution in [0.15, 0.2) is 53.6 Å². The molecule has 0 radical (unpaired) electrons. The van der Waals surface area contributed by atoms with E-state index in [0.717, 1.165) is 50.5 Å². The first-order valence-electron chi connectivity index (χ1n) is 13.3. The van der Waals surface area contributed by atoms with Gasteiger partial charge in [0.05, 0.1) is 0 Å². The summed E-state index contributed by atoms with van der Waals surface area (Å²) in [6, 6.07) is 10.6. The summed E-state index contributed by atoms with van der Waals surface area (Å²) in [5.41, 5.74) is 1.73. The molecule has 0 unspecified atom stereocenters. The summed E-state index contributed by atoms with van der Waals surface area (Å²) in [6.45, 7) is 12.9. The molecule has 1 fully saturated rings. The van der Waals surface area contributed by atoms with Gasteiger partial charge in [-0.2, -0.15) is 0 Å². The van der Waals surface area contributed by atoms with Crippen molar-refractivity contribution in [3.05, 3.63) is 59.2 Å². The minimum atomic E-state index is -1.59. The van der Waals surface area contributed by atoms with E-state index in [2.05, 4.69) is 71.0 Å². The van der Waals surface area contributed by atoms with E-state index < -0.39 is 11.6 Å². The molecule has 1 aromatic rings. The lowest BCUT2D eigenvalue weighted by Crippen LogP contribution is -2.50. The van der Waals surface area contributed by atoms with E-state index in [0.29, 0.717) is 11.8 Å². The molecule has 1 aromatic carbocycles. The van der Waals surface area contributed by atoms with Crippen LogP contribution < -0.4 is 0 Å². The minimum absolute atomic E-state index is 0.119. The fourth-order valence-corrected chi connectivity index (χ4v) is 7.07. The Bertz CT molecular complexity index is 954. The first-order valence-corrected chi connectivity index (χ1v) is 13.3. The molecule has 34 heavy (non-hydrogen) atoms. The van der Waals surface area contributed by atoms with Crippen LogP contribution in [0, 0.1) is 23.2 Å². The predicted octanol–water partition coefficient (Wildman–Crippen LogP) is 7.15. The van der Waals surface area contributed by atoms with Crippen LogP contribution in [0.2, 0.25) is 0 Å². The predicted molar refractivity (Wildman–Crippen MR) is 138 cm³/mol. The van der Waals surface area contributed by atoms with Crippen molar-refractivity contribution in [1.29, 1.82) is 0 Å². The Morgan fingerprint density at radius 1 is 1.09 bits per heavy atom. The SMILES string of the molecule is CC1=CC[C@]2(CC1)C([C@](C)(O)C(=O)O[C@@H]1C[C@H](C)CC[C@H]1C(C)(C)c1ccccc1)=CC[C@H]2C. The molecule has 3 nitrogen and oxygen atoms in total. The van der Waals surface area contributed by atoms with Gasteiger partial charge in [0.2, 0.25) is 0 Å². The first-order chi connectivity index (χ1) is 16.0. The van der Waals surface area contributed by atoms with Crippen molar-refractivity contribution in [3.8, 4) is 0 Å². The molecular weight excluding hydrogens is 420 g/mol. The van der Waals surface area contributed by atoms with Gasteiger partial charge in [-0.15, -0.1) is 0 Å². The molecular formula is C31H44O3. The van der Waals surface area contributed by atoms with Gasteiger partial charge in [0.25, 0.3) is 0 Å². The summed E-state index contributed by atoms with van der Waals surface area (Å²) >= 11 is 0. The molecule has 4 rings (SSSR count). The van der Waals surface area contributed by atoms with Gasteiger partial charge in [0.15, 0.2) is 5.60 Å². The average molecular weight is 465 g/mol. The molecule has 3 aliphatic carbocycles. The van der Waals surface area contributed by atoms with Gasteiger partial charge >= 0.3 is 5.97 Å². The molecule has 1 spiro atoms. The van der Waals surface area contributed by atoms with Gasteiger partial charge in [-0.05, 0) is 80.8 Å². The summed E-state index contributed by atoms with van der Waals surface area (Å²) in [5.74, 6) is 0.683. The van der Waals surface area contributed by atoms with Gasteiger partial charge in [-0.1, -0.05) is 82.2 Å². The third kappa shape index (κ3) is 4.41. The van der Waals surface area contributed by atoms with E-state index in [9.17, 15) is 9.90 Å². The van der Waals surface area contributed by atoms with E-state index in [-0.39, 0.29) is 22.9 Å². The Kier molecular flexibility index (Phi) is 6.90. The van der Waals surface area contributed by atoms with E-state index in [4.69, 9.17) is 4.74 Å². The molecule has 1 saturated carbocycles. The summed E-state index contributed by atoms with van der Waals surface area (Å²) in [6.07, 6.45) is 11.1. The number of allylic oxidation sites excluding steroid dienone is 3. The van der Waals surface area contributed by atoms with Gasteiger partial charge < -0.3 is 9.84 Å². The van der Waals surface area contributed by atoms with Crippen molar-refractivity contribution < 1.29 is 14.6 Å². The van der Waals surface area contributed by atoms with Gasteiger partial charge in [0, 0.05) is 11.3 Å². The van der Waals surface area contributed by atoms with Crippen LogP contribution >= 0.6 is 0 Å². The number of carbonyl (C=O) groups is 1. The first kappa shape index (κ1) is 25.2. The van der Waals surface area contributed by atoms with Crippen LogP contribution in [0.4, 0.5) is 0 Å². The van der Waals surface area contributed by atoms with Gasteiger partial charge in [-0.3, -0.25) is 0 Å². The molecule has 3 aliphatic rings. The highest BCUT2D eigenvalue weighted by molar-refractivity contribution is 5.83.